The molecule has 14 heavy (non-hydrogen) atoms. The summed E-state index contributed by atoms with van der Waals surface area (Å²) in [5.74, 6) is 1.37. The van der Waals surface area contributed by atoms with Gasteiger partial charge in [-0.25, -0.2) is 4.79 Å². The highest BCUT2D eigenvalue weighted by Crippen LogP contribution is 2.23. The molecule has 1 heterocycles. The Morgan fingerprint density at radius 1 is 1.43 bits per heavy atom. The van der Waals surface area contributed by atoms with E-state index >= 15 is 0 Å². The van der Waals surface area contributed by atoms with Crippen LogP contribution < -0.4 is 5.32 Å². The van der Waals surface area contributed by atoms with Crippen molar-refractivity contribution in [1.82, 2.24) is 10.2 Å². The van der Waals surface area contributed by atoms with Gasteiger partial charge in [0.1, 0.15) is 0 Å². The van der Waals surface area contributed by atoms with Crippen molar-refractivity contribution in [1.29, 1.82) is 0 Å². The topological polar surface area (TPSA) is 32.3 Å². The molecular formula is C11H24N2O. The maximum atomic E-state index is 11.6. The van der Waals surface area contributed by atoms with Gasteiger partial charge in [-0.1, -0.05) is 13.8 Å². The Bertz CT molecular complexity index is 207. The fourth-order valence-corrected chi connectivity index (χ4v) is 1.85. The Labute approximate surface area is 88.3 Å². The van der Waals surface area contributed by atoms with Crippen molar-refractivity contribution in [3.63, 3.8) is 0 Å². The van der Waals surface area contributed by atoms with Gasteiger partial charge < -0.3 is 10.2 Å². The predicted octanol–water partition coefficient (Wildman–Crippen LogP) is 2.33. The third kappa shape index (κ3) is 2.89. The van der Waals surface area contributed by atoms with Crippen LogP contribution in [0.4, 0.5) is 4.79 Å². The number of urea groups is 1. The maximum Gasteiger partial charge on any atom is 0.317 e. The average molecular weight is 200 g/mol. The summed E-state index contributed by atoms with van der Waals surface area (Å²) in [7, 11) is 0. The van der Waals surface area contributed by atoms with Crippen LogP contribution in [0.25, 0.3) is 0 Å². The SMILES string of the molecule is CC(C)NC(=O)N1CCC(C(C)C)C1.[HH]. The number of likely N-dealkylation sites (tertiary alicyclic amines) is 1. The van der Waals surface area contributed by atoms with E-state index in [4.69, 9.17) is 0 Å². The van der Waals surface area contributed by atoms with Crippen LogP contribution in [0.1, 0.15) is 35.5 Å². The van der Waals surface area contributed by atoms with E-state index in [1.165, 1.54) is 0 Å². The third-order valence-electron chi connectivity index (χ3n) is 2.87. The molecule has 1 saturated heterocycles. The molecule has 1 rings (SSSR count). The molecule has 0 aliphatic carbocycles. The molecule has 1 aliphatic heterocycles. The van der Waals surface area contributed by atoms with Crippen molar-refractivity contribution in [3.8, 4) is 0 Å². The summed E-state index contributed by atoms with van der Waals surface area (Å²) >= 11 is 0. The van der Waals surface area contributed by atoms with Crippen molar-refractivity contribution in [2.45, 2.75) is 40.2 Å². The number of carbonyl (C=O) groups is 1. The first-order chi connectivity index (χ1) is 6.50. The number of nitrogens with zero attached hydrogens (tertiary/aromatic N) is 1. The molecule has 0 saturated carbocycles. The third-order valence-corrected chi connectivity index (χ3v) is 2.87. The first kappa shape index (κ1) is 11.3. The summed E-state index contributed by atoms with van der Waals surface area (Å²) < 4.78 is 0. The van der Waals surface area contributed by atoms with E-state index in [2.05, 4.69) is 19.2 Å². The van der Waals surface area contributed by atoms with E-state index < -0.39 is 0 Å². The smallest absolute Gasteiger partial charge is 0.317 e. The van der Waals surface area contributed by atoms with Gasteiger partial charge in [0, 0.05) is 20.6 Å². The van der Waals surface area contributed by atoms with Crippen LogP contribution in [-0.2, 0) is 0 Å². The summed E-state index contributed by atoms with van der Waals surface area (Å²) in [5.41, 5.74) is 0. The van der Waals surface area contributed by atoms with E-state index in [9.17, 15) is 4.79 Å². The lowest BCUT2D eigenvalue weighted by Gasteiger charge is -2.20. The highest BCUT2D eigenvalue weighted by molar-refractivity contribution is 5.74. The monoisotopic (exact) mass is 200 g/mol. The van der Waals surface area contributed by atoms with Gasteiger partial charge in [-0.15, -0.1) is 0 Å². The minimum absolute atomic E-state index is 0. The quantitative estimate of drug-likeness (QED) is 0.729. The minimum atomic E-state index is 0. The Balaban J connectivity index is 0.00000196. The Kier molecular flexibility index (Phi) is 3.78. The fourth-order valence-electron chi connectivity index (χ4n) is 1.85. The Morgan fingerprint density at radius 3 is 2.50 bits per heavy atom. The molecule has 1 fully saturated rings. The van der Waals surface area contributed by atoms with Crippen LogP contribution in [0.5, 0.6) is 0 Å². The molecule has 0 bridgehead atoms. The minimum Gasteiger partial charge on any atom is -0.336 e. The van der Waals surface area contributed by atoms with Crippen LogP contribution in [0.15, 0.2) is 0 Å². The van der Waals surface area contributed by atoms with E-state index in [1.54, 1.807) is 0 Å². The number of nitrogens with one attached hydrogen (secondary N) is 1. The van der Waals surface area contributed by atoms with Gasteiger partial charge in [-0.2, -0.15) is 0 Å². The van der Waals surface area contributed by atoms with Gasteiger partial charge in [0.05, 0.1) is 0 Å². The number of rotatable bonds is 2. The highest BCUT2D eigenvalue weighted by atomic mass is 16.2. The van der Waals surface area contributed by atoms with Crippen molar-refractivity contribution in [3.05, 3.63) is 0 Å². The first-order valence-corrected chi connectivity index (χ1v) is 5.56. The summed E-state index contributed by atoms with van der Waals surface area (Å²) in [6.45, 7) is 10.3. The lowest BCUT2D eigenvalue weighted by atomic mass is 9.95. The molecule has 0 aromatic carbocycles. The van der Waals surface area contributed by atoms with Crippen molar-refractivity contribution in [2.75, 3.05) is 13.1 Å². The second-order valence-corrected chi connectivity index (χ2v) is 4.84. The normalized spacial score (nSPS) is 22.1. The molecule has 1 atom stereocenters. The molecule has 3 heteroatoms. The van der Waals surface area contributed by atoms with E-state index in [0.29, 0.717) is 11.8 Å². The van der Waals surface area contributed by atoms with Crippen molar-refractivity contribution < 1.29 is 6.22 Å². The number of hydrogen-bond donors (Lipinski definition) is 1. The molecule has 1 N–H and O–H groups in total. The van der Waals surface area contributed by atoms with Gasteiger partial charge in [0.15, 0.2) is 0 Å². The zero-order chi connectivity index (χ0) is 10.7. The summed E-state index contributed by atoms with van der Waals surface area (Å²) in [6.07, 6.45) is 1.16. The molecular weight excluding hydrogens is 176 g/mol. The van der Waals surface area contributed by atoms with Crippen LogP contribution in [-0.4, -0.2) is 30.1 Å². The van der Waals surface area contributed by atoms with Gasteiger partial charge >= 0.3 is 6.03 Å². The van der Waals surface area contributed by atoms with Gasteiger partial charge in [0.25, 0.3) is 0 Å². The van der Waals surface area contributed by atoms with E-state index in [1.807, 2.05) is 18.7 Å². The first-order valence-electron chi connectivity index (χ1n) is 5.56. The van der Waals surface area contributed by atoms with Crippen LogP contribution >= 0.6 is 0 Å². The molecule has 84 valence electrons. The maximum absolute atomic E-state index is 11.6. The summed E-state index contributed by atoms with van der Waals surface area (Å²) in [5, 5.41) is 2.93. The number of hydrogen-bond acceptors (Lipinski definition) is 1. The second-order valence-electron chi connectivity index (χ2n) is 4.84. The predicted molar refractivity (Wildman–Crippen MR) is 60.3 cm³/mol. The average Bonchev–Trinajstić information content (AvgIpc) is 2.50. The largest absolute Gasteiger partial charge is 0.336 e. The van der Waals surface area contributed by atoms with E-state index in [-0.39, 0.29) is 13.5 Å². The van der Waals surface area contributed by atoms with E-state index in [0.717, 1.165) is 19.5 Å². The van der Waals surface area contributed by atoms with Crippen LogP contribution in [0.3, 0.4) is 0 Å². The molecule has 3 nitrogen and oxygen atoms in total. The molecule has 1 aliphatic rings. The lowest BCUT2D eigenvalue weighted by molar-refractivity contribution is 0.203. The molecule has 0 radical (unpaired) electrons. The second kappa shape index (κ2) is 4.67. The fraction of sp³-hybridized carbons (Fsp3) is 0.909. The number of carbonyl (C=O) groups excluding carboxylic acids is 1. The highest BCUT2D eigenvalue weighted by Gasteiger charge is 2.27. The summed E-state index contributed by atoms with van der Waals surface area (Å²) in [4.78, 5) is 13.6. The Morgan fingerprint density at radius 2 is 2.07 bits per heavy atom. The Hall–Kier alpha value is -0.730. The number of amides is 2. The standard InChI is InChI=1S/C11H22N2O.H2/c1-8(2)10-5-6-13(7-10)11(14)12-9(3)4;/h8-10H,5-7H2,1-4H3,(H,12,14);1H. The zero-order valence-corrected chi connectivity index (χ0v) is 9.71. The molecule has 0 aromatic heterocycles. The summed E-state index contributed by atoms with van der Waals surface area (Å²) in [6, 6.07) is 0.337. The zero-order valence-electron chi connectivity index (χ0n) is 9.71. The van der Waals surface area contributed by atoms with Crippen molar-refractivity contribution in [2.24, 2.45) is 11.8 Å². The van der Waals surface area contributed by atoms with Gasteiger partial charge in [0.2, 0.25) is 0 Å². The van der Waals surface area contributed by atoms with Gasteiger partial charge in [-0.3, -0.25) is 0 Å². The molecule has 1 unspecified atom stereocenters. The molecule has 0 spiro atoms. The van der Waals surface area contributed by atoms with Crippen molar-refractivity contribution >= 4 is 6.03 Å². The molecule has 0 aromatic rings. The van der Waals surface area contributed by atoms with Crippen LogP contribution in [0, 0.1) is 11.8 Å². The molecule has 2 amide bonds. The van der Waals surface area contributed by atoms with Gasteiger partial charge in [-0.05, 0) is 32.1 Å². The lowest BCUT2D eigenvalue weighted by Crippen LogP contribution is -2.41. The van der Waals surface area contributed by atoms with Crippen LogP contribution in [0.2, 0.25) is 0 Å².